The van der Waals surface area contributed by atoms with Crippen molar-refractivity contribution in [3.8, 4) is 5.75 Å². The van der Waals surface area contributed by atoms with E-state index in [9.17, 15) is 4.79 Å². The van der Waals surface area contributed by atoms with Gasteiger partial charge in [-0.2, -0.15) is 0 Å². The van der Waals surface area contributed by atoms with Gasteiger partial charge in [0.25, 0.3) is 0 Å². The highest BCUT2D eigenvalue weighted by Crippen LogP contribution is 2.11. The molecular formula is C14H17N3O2S. The van der Waals surface area contributed by atoms with E-state index in [1.807, 2.05) is 35.7 Å². The van der Waals surface area contributed by atoms with Crippen LogP contribution in [0.1, 0.15) is 18.5 Å². The standard InChI is InChI=1S/C14H17N3O2S/c15-14-17-11(10-20-14)9-16-13(18)7-4-8-19-12-5-2-1-3-6-12/h1-3,5-6,10H,4,7-9H2,(H2,15,17)(H,16,18). The molecule has 0 aliphatic rings. The van der Waals surface area contributed by atoms with E-state index in [0.29, 0.717) is 31.1 Å². The highest BCUT2D eigenvalue weighted by Gasteiger charge is 2.03. The summed E-state index contributed by atoms with van der Waals surface area (Å²) in [5.41, 5.74) is 6.31. The van der Waals surface area contributed by atoms with Crippen LogP contribution >= 0.6 is 11.3 Å². The van der Waals surface area contributed by atoms with Gasteiger partial charge in [-0.25, -0.2) is 4.98 Å². The first kappa shape index (κ1) is 14.3. The lowest BCUT2D eigenvalue weighted by Gasteiger charge is -2.06. The van der Waals surface area contributed by atoms with Crippen LogP contribution in [-0.2, 0) is 11.3 Å². The summed E-state index contributed by atoms with van der Waals surface area (Å²) in [5.74, 6) is 0.819. The number of carbonyl (C=O) groups is 1. The van der Waals surface area contributed by atoms with Crippen LogP contribution in [0, 0.1) is 0 Å². The summed E-state index contributed by atoms with van der Waals surface area (Å²) >= 11 is 1.37. The number of benzene rings is 1. The molecule has 106 valence electrons. The Morgan fingerprint density at radius 2 is 2.15 bits per heavy atom. The molecule has 1 amide bonds. The van der Waals surface area contributed by atoms with Crippen molar-refractivity contribution in [2.45, 2.75) is 19.4 Å². The van der Waals surface area contributed by atoms with Gasteiger partial charge in [-0.1, -0.05) is 18.2 Å². The maximum atomic E-state index is 11.6. The lowest BCUT2D eigenvalue weighted by molar-refractivity contribution is -0.121. The average molecular weight is 291 g/mol. The van der Waals surface area contributed by atoms with E-state index in [0.717, 1.165) is 11.4 Å². The van der Waals surface area contributed by atoms with E-state index >= 15 is 0 Å². The molecule has 0 fully saturated rings. The Hall–Kier alpha value is -2.08. The molecule has 1 aromatic heterocycles. The molecule has 1 heterocycles. The number of para-hydroxylation sites is 1. The number of ether oxygens (including phenoxy) is 1. The number of nitrogens with two attached hydrogens (primary N) is 1. The molecule has 0 saturated carbocycles. The predicted molar refractivity (Wildman–Crippen MR) is 79.5 cm³/mol. The number of hydrogen-bond donors (Lipinski definition) is 2. The molecule has 0 radical (unpaired) electrons. The van der Waals surface area contributed by atoms with Crippen LogP contribution in [0.3, 0.4) is 0 Å². The number of anilines is 1. The molecule has 6 heteroatoms. The molecule has 2 aromatic rings. The van der Waals surface area contributed by atoms with Gasteiger partial charge in [0.05, 0.1) is 18.8 Å². The number of nitrogens with zero attached hydrogens (tertiary/aromatic N) is 1. The number of thiazole rings is 1. The van der Waals surface area contributed by atoms with E-state index in [1.54, 1.807) is 0 Å². The maximum absolute atomic E-state index is 11.6. The summed E-state index contributed by atoms with van der Waals surface area (Å²) in [4.78, 5) is 15.7. The minimum absolute atomic E-state index is 0.00627. The first-order valence-corrected chi connectivity index (χ1v) is 7.26. The van der Waals surface area contributed by atoms with Gasteiger partial charge in [-0.15, -0.1) is 11.3 Å². The van der Waals surface area contributed by atoms with E-state index in [1.165, 1.54) is 11.3 Å². The molecule has 0 saturated heterocycles. The molecule has 3 N–H and O–H groups in total. The highest BCUT2D eigenvalue weighted by molar-refractivity contribution is 7.13. The highest BCUT2D eigenvalue weighted by atomic mass is 32.1. The molecule has 1 aromatic carbocycles. The van der Waals surface area contributed by atoms with E-state index in [2.05, 4.69) is 10.3 Å². The zero-order chi connectivity index (χ0) is 14.2. The Bertz CT molecular complexity index is 542. The Morgan fingerprint density at radius 3 is 2.85 bits per heavy atom. The monoisotopic (exact) mass is 291 g/mol. The lowest BCUT2D eigenvalue weighted by atomic mass is 10.3. The first-order valence-electron chi connectivity index (χ1n) is 6.38. The van der Waals surface area contributed by atoms with Crippen LogP contribution in [0.25, 0.3) is 0 Å². The van der Waals surface area contributed by atoms with Crippen LogP contribution < -0.4 is 15.8 Å². The van der Waals surface area contributed by atoms with Crippen molar-refractivity contribution in [2.24, 2.45) is 0 Å². The van der Waals surface area contributed by atoms with Crippen molar-refractivity contribution in [3.63, 3.8) is 0 Å². The fourth-order valence-electron chi connectivity index (χ4n) is 1.62. The largest absolute Gasteiger partial charge is 0.494 e. The molecule has 0 spiro atoms. The smallest absolute Gasteiger partial charge is 0.220 e. The predicted octanol–water partition coefficient (Wildman–Crippen LogP) is 2.20. The van der Waals surface area contributed by atoms with Crippen LogP contribution in [0.5, 0.6) is 5.75 Å². The van der Waals surface area contributed by atoms with Gasteiger partial charge >= 0.3 is 0 Å². The van der Waals surface area contributed by atoms with Gasteiger partial charge in [0.1, 0.15) is 5.75 Å². The second-order valence-corrected chi connectivity index (χ2v) is 5.11. The van der Waals surface area contributed by atoms with Crippen molar-refractivity contribution >= 4 is 22.4 Å². The van der Waals surface area contributed by atoms with Gasteiger partial charge in [-0.3, -0.25) is 4.79 Å². The third-order valence-electron chi connectivity index (χ3n) is 2.60. The number of rotatable bonds is 7. The van der Waals surface area contributed by atoms with E-state index < -0.39 is 0 Å². The minimum Gasteiger partial charge on any atom is -0.494 e. The van der Waals surface area contributed by atoms with Gasteiger partial charge < -0.3 is 15.8 Å². The van der Waals surface area contributed by atoms with Crippen molar-refractivity contribution in [1.29, 1.82) is 0 Å². The molecule has 5 nitrogen and oxygen atoms in total. The Labute approximate surface area is 121 Å². The zero-order valence-corrected chi connectivity index (χ0v) is 11.9. The molecule has 0 bridgehead atoms. The van der Waals surface area contributed by atoms with E-state index in [4.69, 9.17) is 10.5 Å². The van der Waals surface area contributed by atoms with Crippen LogP contribution in [0.4, 0.5) is 5.13 Å². The summed E-state index contributed by atoms with van der Waals surface area (Å²) in [6.45, 7) is 0.952. The minimum atomic E-state index is -0.00627. The quantitative estimate of drug-likeness (QED) is 0.767. The number of aromatic nitrogens is 1. The van der Waals surface area contributed by atoms with Crippen molar-refractivity contribution in [1.82, 2.24) is 10.3 Å². The van der Waals surface area contributed by atoms with Crippen molar-refractivity contribution in [2.75, 3.05) is 12.3 Å². The second kappa shape index (κ2) is 7.49. The van der Waals surface area contributed by atoms with E-state index in [-0.39, 0.29) is 5.91 Å². The molecule has 2 rings (SSSR count). The fraction of sp³-hybridized carbons (Fsp3) is 0.286. The van der Waals surface area contributed by atoms with Crippen LogP contribution in [0.15, 0.2) is 35.7 Å². The summed E-state index contributed by atoms with van der Waals surface area (Å²) in [5, 5.41) is 5.17. The fourth-order valence-corrected chi connectivity index (χ4v) is 2.18. The van der Waals surface area contributed by atoms with Crippen molar-refractivity contribution < 1.29 is 9.53 Å². The SMILES string of the molecule is Nc1nc(CNC(=O)CCCOc2ccccc2)cs1. The normalized spacial score (nSPS) is 10.2. The number of carbonyl (C=O) groups excluding carboxylic acids is 1. The molecule has 0 aliphatic carbocycles. The summed E-state index contributed by atoms with van der Waals surface area (Å²) in [6, 6.07) is 9.56. The Kier molecular flexibility index (Phi) is 5.37. The maximum Gasteiger partial charge on any atom is 0.220 e. The summed E-state index contributed by atoms with van der Waals surface area (Å²) in [6.07, 6.45) is 1.12. The first-order chi connectivity index (χ1) is 9.74. The Balaban J connectivity index is 1.58. The Morgan fingerprint density at radius 1 is 1.35 bits per heavy atom. The molecule has 0 unspecified atom stereocenters. The summed E-state index contributed by atoms with van der Waals surface area (Å²) in [7, 11) is 0. The third-order valence-corrected chi connectivity index (χ3v) is 3.32. The number of hydrogen-bond acceptors (Lipinski definition) is 5. The molecular weight excluding hydrogens is 274 g/mol. The number of nitrogens with one attached hydrogen (secondary N) is 1. The third kappa shape index (κ3) is 4.89. The lowest BCUT2D eigenvalue weighted by Crippen LogP contribution is -2.23. The van der Waals surface area contributed by atoms with Crippen LogP contribution in [0.2, 0.25) is 0 Å². The topological polar surface area (TPSA) is 77.2 Å². The molecule has 20 heavy (non-hydrogen) atoms. The van der Waals surface area contributed by atoms with Gasteiger partial charge in [-0.05, 0) is 18.6 Å². The second-order valence-electron chi connectivity index (χ2n) is 4.22. The van der Waals surface area contributed by atoms with Gasteiger partial charge in [0.2, 0.25) is 5.91 Å². The summed E-state index contributed by atoms with van der Waals surface area (Å²) < 4.78 is 5.52. The van der Waals surface area contributed by atoms with Gasteiger partial charge in [0, 0.05) is 11.8 Å². The molecule has 0 atom stereocenters. The van der Waals surface area contributed by atoms with Gasteiger partial charge in [0.15, 0.2) is 5.13 Å². The number of nitrogen functional groups attached to an aromatic ring is 1. The van der Waals surface area contributed by atoms with Crippen molar-refractivity contribution in [3.05, 3.63) is 41.4 Å². The molecule has 0 aliphatic heterocycles. The number of amides is 1. The van der Waals surface area contributed by atoms with Crippen LogP contribution in [-0.4, -0.2) is 17.5 Å². The average Bonchev–Trinajstić information content (AvgIpc) is 2.88. The zero-order valence-electron chi connectivity index (χ0n) is 11.0.